The molecule has 1 aromatic heterocycles. The van der Waals surface area contributed by atoms with Gasteiger partial charge in [0.15, 0.2) is 6.61 Å². The van der Waals surface area contributed by atoms with Crippen molar-refractivity contribution in [2.24, 2.45) is 0 Å². The Morgan fingerprint density at radius 3 is 3.09 bits per heavy atom. The van der Waals surface area contributed by atoms with Gasteiger partial charge in [-0.3, -0.25) is 14.7 Å². The number of H-pyrrole nitrogens is 1. The van der Waals surface area contributed by atoms with E-state index in [9.17, 15) is 9.59 Å². The predicted octanol–water partition coefficient (Wildman–Crippen LogP) is 0.737. The zero-order chi connectivity index (χ0) is 15.5. The minimum atomic E-state index is -0.186. The third-order valence-electron chi connectivity index (χ3n) is 3.55. The van der Waals surface area contributed by atoms with E-state index in [-0.39, 0.29) is 18.4 Å². The summed E-state index contributed by atoms with van der Waals surface area (Å²) in [7, 11) is 1.67. The van der Waals surface area contributed by atoms with Gasteiger partial charge in [0.05, 0.1) is 5.69 Å². The van der Waals surface area contributed by atoms with Crippen molar-refractivity contribution in [3.8, 4) is 5.75 Å². The Balaban J connectivity index is 1.67. The Labute approximate surface area is 127 Å². The van der Waals surface area contributed by atoms with Crippen LogP contribution in [0.4, 0.5) is 5.69 Å². The number of benzene rings is 1. The highest BCUT2D eigenvalue weighted by Gasteiger charge is 2.23. The van der Waals surface area contributed by atoms with Gasteiger partial charge in [0.1, 0.15) is 5.75 Å². The number of fused-ring (bicyclic) bond motifs is 1. The zero-order valence-corrected chi connectivity index (χ0v) is 12.1. The van der Waals surface area contributed by atoms with Crippen molar-refractivity contribution < 1.29 is 14.3 Å². The van der Waals surface area contributed by atoms with Crippen molar-refractivity contribution in [2.45, 2.75) is 6.42 Å². The second-order valence-corrected chi connectivity index (χ2v) is 5.01. The van der Waals surface area contributed by atoms with E-state index in [1.54, 1.807) is 31.4 Å². The molecule has 1 aromatic carbocycles. The number of likely N-dealkylation sites (N-methyl/N-ethyl adjacent to an activating group) is 1. The molecule has 3 rings (SSSR count). The molecule has 7 heteroatoms. The average Bonchev–Trinajstić information content (AvgIpc) is 3.04. The monoisotopic (exact) mass is 300 g/mol. The van der Waals surface area contributed by atoms with Crippen LogP contribution in [0.1, 0.15) is 16.1 Å². The third-order valence-corrected chi connectivity index (χ3v) is 3.55. The number of aromatic nitrogens is 2. The average molecular weight is 300 g/mol. The summed E-state index contributed by atoms with van der Waals surface area (Å²) in [5, 5.41) is 9.53. The Hall–Kier alpha value is -2.83. The van der Waals surface area contributed by atoms with Gasteiger partial charge in [0, 0.05) is 37.5 Å². The molecule has 1 aliphatic heterocycles. The van der Waals surface area contributed by atoms with E-state index in [1.165, 1.54) is 4.90 Å². The van der Waals surface area contributed by atoms with Crippen molar-refractivity contribution in [3.05, 3.63) is 41.7 Å². The van der Waals surface area contributed by atoms with Crippen LogP contribution in [-0.2, 0) is 11.2 Å². The van der Waals surface area contributed by atoms with E-state index in [1.807, 2.05) is 6.07 Å². The third kappa shape index (κ3) is 2.78. The lowest BCUT2D eigenvalue weighted by Gasteiger charge is -2.26. The molecule has 0 bridgehead atoms. The molecule has 114 valence electrons. The number of carbonyl (C=O) groups excluding carboxylic acids is 2. The summed E-state index contributed by atoms with van der Waals surface area (Å²) in [6.07, 6.45) is 2.35. The number of anilines is 1. The molecule has 0 atom stereocenters. The maximum Gasteiger partial charge on any atom is 0.264 e. The fourth-order valence-corrected chi connectivity index (χ4v) is 2.25. The van der Waals surface area contributed by atoms with Crippen molar-refractivity contribution in [1.29, 1.82) is 0 Å². The molecule has 0 radical (unpaired) electrons. The summed E-state index contributed by atoms with van der Waals surface area (Å²) >= 11 is 0. The molecule has 2 heterocycles. The maximum absolute atomic E-state index is 12.2. The summed E-state index contributed by atoms with van der Waals surface area (Å²) in [5.74, 6) is 0.286. The van der Waals surface area contributed by atoms with Gasteiger partial charge in [-0.2, -0.15) is 5.10 Å². The van der Waals surface area contributed by atoms with Crippen LogP contribution in [0.3, 0.4) is 0 Å². The first-order valence-electron chi connectivity index (χ1n) is 6.95. The molecule has 2 N–H and O–H groups in total. The van der Waals surface area contributed by atoms with Gasteiger partial charge in [0.2, 0.25) is 0 Å². The molecule has 0 unspecified atom stereocenters. The van der Waals surface area contributed by atoms with Crippen LogP contribution in [0, 0.1) is 0 Å². The minimum Gasteiger partial charge on any atom is -0.482 e. The highest BCUT2D eigenvalue weighted by atomic mass is 16.5. The normalized spacial score (nSPS) is 13.5. The van der Waals surface area contributed by atoms with Crippen LogP contribution in [-0.4, -0.2) is 42.2 Å². The number of nitrogens with one attached hydrogen (secondary N) is 2. The van der Waals surface area contributed by atoms with E-state index in [0.29, 0.717) is 30.0 Å². The maximum atomic E-state index is 12.2. The quantitative estimate of drug-likeness (QED) is 0.871. The fraction of sp³-hybridized carbons (Fsp3) is 0.267. The van der Waals surface area contributed by atoms with Gasteiger partial charge >= 0.3 is 0 Å². The van der Waals surface area contributed by atoms with Crippen molar-refractivity contribution in [2.75, 3.05) is 25.1 Å². The molecule has 0 fully saturated rings. The first-order chi connectivity index (χ1) is 10.6. The second-order valence-electron chi connectivity index (χ2n) is 5.01. The van der Waals surface area contributed by atoms with Gasteiger partial charge in [-0.25, -0.2) is 0 Å². The van der Waals surface area contributed by atoms with E-state index in [4.69, 9.17) is 4.74 Å². The molecule has 0 saturated carbocycles. The first-order valence-corrected chi connectivity index (χ1v) is 6.95. The topological polar surface area (TPSA) is 87.3 Å². The summed E-state index contributed by atoms with van der Waals surface area (Å²) in [4.78, 5) is 25.3. The number of rotatable bonds is 4. The molecule has 0 saturated heterocycles. The number of hydrogen-bond acceptors (Lipinski definition) is 4. The largest absolute Gasteiger partial charge is 0.482 e. The van der Waals surface area contributed by atoms with E-state index in [2.05, 4.69) is 15.5 Å². The molecular weight excluding hydrogens is 284 g/mol. The second kappa shape index (κ2) is 5.88. The fourth-order valence-electron chi connectivity index (χ4n) is 2.25. The number of aromatic amines is 1. The lowest BCUT2D eigenvalue weighted by atomic mass is 10.1. The van der Waals surface area contributed by atoms with Crippen LogP contribution < -0.4 is 15.0 Å². The molecule has 7 nitrogen and oxygen atoms in total. The highest BCUT2D eigenvalue weighted by Crippen LogP contribution is 2.31. The summed E-state index contributed by atoms with van der Waals surface area (Å²) in [6, 6.07) is 6.93. The van der Waals surface area contributed by atoms with Crippen LogP contribution >= 0.6 is 0 Å². The number of hydrogen-bond donors (Lipinski definition) is 2. The zero-order valence-electron chi connectivity index (χ0n) is 12.1. The number of amides is 2. The molecule has 2 aromatic rings. The Morgan fingerprint density at radius 2 is 2.32 bits per heavy atom. The van der Waals surface area contributed by atoms with Crippen molar-refractivity contribution >= 4 is 17.5 Å². The van der Waals surface area contributed by atoms with Gasteiger partial charge < -0.3 is 15.0 Å². The van der Waals surface area contributed by atoms with Crippen LogP contribution in [0.15, 0.2) is 30.5 Å². The molecule has 22 heavy (non-hydrogen) atoms. The molecule has 2 amide bonds. The van der Waals surface area contributed by atoms with E-state index >= 15 is 0 Å². The number of ether oxygens (including phenoxy) is 1. The summed E-state index contributed by atoms with van der Waals surface area (Å²) in [5.41, 5.74) is 2.07. The van der Waals surface area contributed by atoms with E-state index in [0.717, 1.165) is 5.69 Å². The van der Waals surface area contributed by atoms with Gasteiger partial charge in [-0.15, -0.1) is 0 Å². The number of nitrogens with zero attached hydrogens (tertiary/aromatic N) is 2. The number of carbonyl (C=O) groups is 2. The van der Waals surface area contributed by atoms with Crippen LogP contribution in [0.2, 0.25) is 0 Å². The smallest absolute Gasteiger partial charge is 0.264 e. The first kappa shape index (κ1) is 14.1. The Kier molecular flexibility index (Phi) is 3.78. The molecule has 0 aliphatic carbocycles. The molecule has 1 aliphatic rings. The molecule has 0 spiro atoms. The van der Waals surface area contributed by atoms with Crippen LogP contribution in [0.5, 0.6) is 5.75 Å². The standard InChI is InChI=1S/C15H16N4O3/c1-19-12-8-10(2-3-13(12)22-9-14(19)20)15(21)16-6-4-11-5-7-17-18-11/h2-3,5,7-8H,4,6,9H2,1H3,(H,16,21)(H,17,18). The predicted molar refractivity (Wildman–Crippen MR) is 80.0 cm³/mol. The van der Waals surface area contributed by atoms with Crippen molar-refractivity contribution in [1.82, 2.24) is 15.5 Å². The summed E-state index contributed by atoms with van der Waals surface area (Å²) in [6.45, 7) is 0.530. The highest BCUT2D eigenvalue weighted by molar-refractivity contribution is 6.00. The van der Waals surface area contributed by atoms with Crippen LogP contribution in [0.25, 0.3) is 0 Å². The Morgan fingerprint density at radius 1 is 1.45 bits per heavy atom. The lowest BCUT2D eigenvalue weighted by Crippen LogP contribution is -2.35. The minimum absolute atomic E-state index is 0.0270. The van der Waals surface area contributed by atoms with Gasteiger partial charge in [-0.05, 0) is 24.3 Å². The van der Waals surface area contributed by atoms with Crippen molar-refractivity contribution in [3.63, 3.8) is 0 Å². The SMILES string of the molecule is CN1C(=O)COc2ccc(C(=O)NCCc3ccn[nH]3)cc21. The lowest BCUT2D eigenvalue weighted by molar-refractivity contribution is -0.120. The molecular formula is C15H16N4O3. The Bertz CT molecular complexity index is 697. The van der Waals surface area contributed by atoms with Gasteiger partial charge in [0.25, 0.3) is 11.8 Å². The summed E-state index contributed by atoms with van der Waals surface area (Å²) < 4.78 is 5.34. The van der Waals surface area contributed by atoms with Gasteiger partial charge in [-0.1, -0.05) is 0 Å². The van der Waals surface area contributed by atoms with E-state index < -0.39 is 0 Å².